The van der Waals surface area contributed by atoms with Gasteiger partial charge in [0.1, 0.15) is 11.7 Å². The summed E-state index contributed by atoms with van der Waals surface area (Å²) in [6.45, 7) is 0.636. The SMILES string of the molecule is NNNCCCCC(=O)Nc1ccc(CC(NC(=O)c2cc3ccccc3n2S(O)(O)c2ccccc2)C(=O)O)cc1. The van der Waals surface area contributed by atoms with Gasteiger partial charge in [0.05, 0.1) is 10.4 Å². The lowest BCUT2D eigenvalue weighted by molar-refractivity contribution is -0.139. The largest absolute Gasteiger partial charge is 0.480 e. The Morgan fingerprint density at radius 1 is 0.905 bits per heavy atom. The molecule has 0 radical (unpaired) electrons. The van der Waals surface area contributed by atoms with E-state index in [1.807, 2.05) is 0 Å². The minimum atomic E-state index is -3.67. The number of unbranched alkanes of at least 4 members (excludes halogenated alkanes) is 1. The molecule has 0 saturated carbocycles. The maximum Gasteiger partial charge on any atom is 0.326 e. The highest BCUT2D eigenvalue weighted by Gasteiger charge is 2.29. The molecule has 0 bridgehead atoms. The number of para-hydroxylation sites is 1. The van der Waals surface area contributed by atoms with Gasteiger partial charge in [0.2, 0.25) is 5.91 Å². The summed E-state index contributed by atoms with van der Waals surface area (Å²) < 4.78 is 23.7. The Morgan fingerprint density at radius 3 is 2.29 bits per heavy atom. The monoisotopic (exact) mass is 594 g/mol. The number of anilines is 1. The first kappa shape index (κ1) is 30.7. The molecule has 0 fully saturated rings. The van der Waals surface area contributed by atoms with Crippen molar-refractivity contribution in [3.63, 3.8) is 0 Å². The zero-order valence-corrected chi connectivity index (χ0v) is 23.5. The summed E-state index contributed by atoms with van der Waals surface area (Å²) in [5.74, 6) is 2.96. The zero-order chi connectivity index (χ0) is 30.1. The van der Waals surface area contributed by atoms with Crippen LogP contribution in [0.15, 0.2) is 89.8 Å². The Bertz CT molecular complexity index is 1530. The van der Waals surface area contributed by atoms with Gasteiger partial charge in [-0.05, 0) is 54.8 Å². The Morgan fingerprint density at radius 2 is 1.60 bits per heavy atom. The quantitative estimate of drug-likeness (QED) is 0.0611. The third-order valence-corrected chi connectivity index (χ3v) is 8.36. The van der Waals surface area contributed by atoms with Crippen LogP contribution in [0.5, 0.6) is 0 Å². The highest BCUT2D eigenvalue weighted by Crippen LogP contribution is 2.52. The van der Waals surface area contributed by atoms with E-state index in [1.54, 1.807) is 78.9 Å². The van der Waals surface area contributed by atoms with Crippen LogP contribution in [-0.4, -0.2) is 48.6 Å². The predicted molar refractivity (Wildman–Crippen MR) is 162 cm³/mol. The number of carboxylic acids is 1. The summed E-state index contributed by atoms with van der Waals surface area (Å²) in [4.78, 5) is 38.0. The molecule has 3 aromatic carbocycles. The Balaban J connectivity index is 1.48. The van der Waals surface area contributed by atoms with Gasteiger partial charge in [0, 0.05) is 30.5 Å². The number of carbonyl (C=O) groups excluding carboxylic acids is 2. The molecule has 1 heterocycles. The van der Waals surface area contributed by atoms with E-state index in [2.05, 4.69) is 21.6 Å². The van der Waals surface area contributed by atoms with E-state index in [-0.39, 0.29) is 22.9 Å². The molecule has 12 nitrogen and oxygen atoms in total. The average Bonchev–Trinajstić information content (AvgIpc) is 3.39. The summed E-state index contributed by atoms with van der Waals surface area (Å²) in [7, 11) is -3.67. The van der Waals surface area contributed by atoms with Gasteiger partial charge in [-0.3, -0.25) is 24.5 Å². The van der Waals surface area contributed by atoms with Gasteiger partial charge in [0.15, 0.2) is 0 Å². The summed E-state index contributed by atoms with van der Waals surface area (Å²) in [6.07, 6.45) is 1.75. The molecule has 42 heavy (non-hydrogen) atoms. The molecule has 2 amide bonds. The van der Waals surface area contributed by atoms with E-state index in [1.165, 1.54) is 6.07 Å². The molecule has 1 aromatic heterocycles. The van der Waals surface area contributed by atoms with Crippen LogP contribution < -0.4 is 27.4 Å². The number of hydrogen-bond acceptors (Lipinski definition) is 8. The normalized spacial score (nSPS) is 12.5. The van der Waals surface area contributed by atoms with Gasteiger partial charge < -0.3 is 15.7 Å². The second kappa shape index (κ2) is 14.1. The van der Waals surface area contributed by atoms with Crippen molar-refractivity contribution in [3.8, 4) is 0 Å². The van der Waals surface area contributed by atoms with E-state index in [0.717, 1.165) is 10.4 Å². The molecule has 4 rings (SSSR count). The van der Waals surface area contributed by atoms with Gasteiger partial charge in [-0.15, -0.1) is 0 Å². The molecule has 222 valence electrons. The van der Waals surface area contributed by atoms with Crippen molar-refractivity contribution in [2.24, 2.45) is 5.84 Å². The maximum absolute atomic E-state index is 13.5. The molecule has 0 aliphatic heterocycles. The van der Waals surface area contributed by atoms with E-state index >= 15 is 0 Å². The van der Waals surface area contributed by atoms with Crippen LogP contribution in [0.25, 0.3) is 10.9 Å². The van der Waals surface area contributed by atoms with Crippen molar-refractivity contribution in [3.05, 3.63) is 96.2 Å². The number of carboxylic acid groups (broad SMARTS) is 1. The molecule has 13 heteroatoms. The van der Waals surface area contributed by atoms with Crippen LogP contribution in [-0.2, 0) is 16.0 Å². The molecule has 1 atom stereocenters. The summed E-state index contributed by atoms with van der Waals surface area (Å²) in [6, 6.07) is 21.9. The van der Waals surface area contributed by atoms with Crippen molar-refractivity contribution < 1.29 is 28.6 Å². The Hall–Kier alpha value is -4.24. The summed E-state index contributed by atoms with van der Waals surface area (Å²) in [5, 5.41) is 15.8. The second-order valence-electron chi connectivity index (χ2n) is 9.56. The number of hydrazine groups is 2. The molecule has 9 N–H and O–H groups in total. The third kappa shape index (κ3) is 7.53. The number of benzene rings is 3. The molecule has 0 aliphatic rings. The topological polar surface area (TPSA) is 191 Å². The first-order valence-electron chi connectivity index (χ1n) is 13.3. The summed E-state index contributed by atoms with van der Waals surface area (Å²) >= 11 is 0. The molecular formula is C29H34N6O6S. The van der Waals surface area contributed by atoms with Crippen LogP contribution in [0, 0.1) is 0 Å². The lowest BCUT2D eigenvalue weighted by Gasteiger charge is -2.35. The second-order valence-corrected chi connectivity index (χ2v) is 11.4. The van der Waals surface area contributed by atoms with Crippen LogP contribution in [0.1, 0.15) is 35.3 Å². The first-order valence-corrected chi connectivity index (χ1v) is 14.8. The van der Waals surface area contributed by atoms with E-state index in [9.17, 15) is 28.6 Å². The predicted octanol–water partition coefficient (Wildman–Crippen LogP) is 3.72. The van der Waals surface area contributed by atoms with Crippen molar-refractivity contribution in [2.75, 3.05) is 11.9 Å². The summed E-state index contributed by atoms with van der Waals surface area (Å²) in [5.41, 5.74) is 6.60. The number of rotatable bonds is 14. The molecule has 1 unspecified atom stereocenters. The highest BCUT2D eigenvalue weighted by atomic mass is 32.3. The average molecular weight is 595 g/mol. The lowest BCUT2D eigenvalue weighted by atomic mass is 10.1. The number of carbonyl (C=O) groups is 3. The van der Waals surface area contributed by atoms with Gasteiger partial charge in [-0.1, -0.05) is 59.3 Å². The van der Waals surface area contributed by atoms with Crippen molar-refractivity contribution >= 4 is 45.1 Å². The molecular weight excluding hydrogens is 560 g/mol. The highest BCUT2D eigenvalue weighted by molar-refractivity contribution is 8.23. The van der Waals surface area contributed by atoms with Crippen molar-refractivity contribution in [1.82, 2.24) is 20.2 Å². The van der Waals surface area contributed by atoms with Gasteiger partial charge in [-0.2, -0.15) is 5.53 Å². The number of nitrogens with two attached hydrogens (primary N) is 1. The molecule has 0 saturated heterocycles. The first-order chi connectivity index (χ1) is 20.2. The van der Waals surface area contributed by atoms with Crippen molar-refractivity contribution in [1.29, 1.82) is 0 Å². The standard InChI is InChI=1S/C29H34N6O6S/c30-34-31-17-7-6-12-27(36)32-22-15-13-20(14-16-22)18-24(29(38)39)33-28(37)26-19-21-8-4-5-11-25(21)35(26)42(40,41)23-9-2-1-3-10-23/h1-5,8-11,13-16,19,24,31,34,40-41H,6-7,12,17-18,30H2,(H,32,36)(H,33,37)(H,38,39). The van der Waals surface area contributed by atoms with Gasteiger partial charge in [0.25, 0.3) is 5.91 Å². The minimum absolute atomic E-state index is 0.0351. The number of nitrogens with zero attached hydrogens (tertiary/aromatic N) is 1. The number of amides is 2. The zero-order valence-electron chi connectivity index (χ0n) is 22.7. The maximum atomic E-state index is 13.5. The fourth-order valence-electron chi connectivity index (χ4n) is 4.46. The van der Waals surface area contributed by atoms with E-state index in [0.29, 0.717) is 41.5 Å². The Labute approximate surface area is 244 Å². The fraction of sp³-hybridized carbons (Fsp3) is 0.207. The van der Waals surface area contributed by atoms with Crippen LogP contribution >= 0.6 is 10.8 Å². The minimum Gasteiger partial charge on any atom is -0.480 e. The lowest BCUT2D eigenvalue weighted by Crippen LogP contribution is -2.43. The fourth-order valence-corrected chi connectivity index (χ4v) is 6.04. The molecule has 4 aromatic rings. The van der Waals surface area contributed by atoms with E-state index < -0.39 is 28.7 Å². The Kier molecular flexibility index (Phi) is 10.3. The number of aromatic nitrogens is 1. The van der Waals surface area contributed by atoms with Crippen molar-refractivity contribution in [2.45, 2.75) is 36.6 Å². The van der Waals surface area contributed by atoms with Crippen LogP contribution in [0.4, 0.5) is 5.69 Å². The number of hydrogen-bond donors (Lipinski definition) is 8. The van der Waals surface area contributed by atoms with Crippen LogP contribution in [0.3, 0.4) is 0 Å². The van der Waals surface area contributed by atoms with Gasteiger partial charge >= 0.3 is 5.97 Å². The third-order valence-electron chi connectivity index (χ3n) is 6.55. The van der Waals surface area contributed by atoms with Gasteiger partial charge in [-0.25, -0.2) is 14.2 Å². The molecule has 0 aliphatic carbocycles. The number of aliphatic carboxylic acids is 1. The number of nitrogens with one attached hydrogen (secondary N) is 4. The number of fused-ring (bicyclic) bond motifs is 1. The van der Waals surface area contributed by atoms with Crippen LogP contribution in [0.2, 0.25) is 0 Å². The molecule has 0 spiro atoms. The van der Waals surface area contributed by atoms with E-state index in [4.69, 9.17) is 5.84 Å². The smallest absolute Gasteiger partial charge is 0.326 e.